The number of carbonyl (C=O) groups is 1. The molecule has 3 N–H and O–H groups in total. The van der Waals surface area contributed by atoms with Crippen LogP contribution in [0, 0.1) is 13.8 Å². The zero-order chi connectivity index (χ0) is 14.5. The van der Waals surface area contributed by atoms with E-state index in [1.807, 2.05) is 48.9 Å². The highest BCUT2D eigenvalue weighted by Crippen LogP contribution is 2.17. The molecular weight excluding hydrogens is 252 g/mol. The smallest absolute Gasteiger partial charge is 0.224 e. The molecule has 0 spiro atoms. The fourth-order valence-electron chi connectivity index (χ4n) is 2.09. The standard InChI is InChI=1S/C15H20N4O/c1-11-9-12(2)19(18-11)14-6-3-5-13(10-14)17-15(20)7-4-8-16/h3,5-6,9-10H,4,7-8,16H2,1-2H3,(H,17,20). The quantitative estimate of drug-likeness (QED) is 0.876. The number of hydrogen-bond donors (Lipinski definition) is 2. The Morgan fingerprint density at radius 1 is 1.35 bits per heavy atom. The van der Waals surface area contributed by atoms with Gasteiger partial charge in [-0.3, -0.25) is 4.79 Å². The molecule has 0 aliphatic rings. The van der Waals surface area contributed by atoms with E-state index in [-0.39, 0.29) is 5.91 Å². The largest absolute Gasteiger partial charge is 0.330 e. The summed E-state index contributed by atoms with van der Waals surface area (Å²) in [7, 11) is 0. The first-order valence-electron chi connectivity index (χ1n) is 6.74. The molecule has 2 rings (SSSR count). The summed E-state index contributed by atoms with van der Waals surface area (Å²) in [4.78, 5) is 11.7. The van der Waals surface area contributed by atoms with Gasteiger partial charge in [-0.25, -0.2) is 4.68 Å². The van der Waals surface area contributed by atoms with Crippen molar-refractivity contribution in [3.05, 3.63) is 41.7 Å². The number of amides is 1. The van der Waals surface area contributed by atoms with Crippen molar-refractivity contribution in [1.82, 2.24) is 9.78 Å². The molecule has 0 saturated carbocycles. The number of hydrogen-bond acceptors (Lipinski definition) is 3. The Labute approximate surface area is 118 Å². The average Bonchev–Trinajstić information content (AvgIpc) is 2.76. The van der Waals surface area contributed by atoms with Crippen molar-refractivity contribution < 1.29 is 4.79 Å². The molecule has 0 aliphatic heterocycles. The zero-order valence-corrected chi connectivity index (χ0v) is 11.9. The topological polar surface area (TPSA) is 72.9 Å². The summed E-state index contributed by atoms with van der Waals surface area (Å²) in [6, 6.07) is 9.68. The lowest BCUT2D eigenvalue weighted by Gasteiger charge is -2.08. The number of carbonyl (C=O) groups excluding carboxylic acids is 1. The van der Waals surface area contributed by atoms with Crippen LogP contribution in [0.2, 0.25) is 0 Å². The minimum atomic E-state index is -0.0130. The number of benzene rings is 1. The van der Waals surface area contributed by atoms with Gasteiger partial charge in [0.1, 0.15) is 0 Å². The van der Waals surface area contributed by atoms with E-state index in [1.54, 1.807) is 0 Å². The molecule has 1 heterocycles. The van der Waals surface area contributed by atoms with Crippen LogP contribution < -0.4 is 11.1 Å². The molecule has 106 valence electrons. The second-order valence-corrected chi connectivity index (χ2v) is 4.83. The van der Waals surface area contributed by atoms with Crippen LogP contribution in [0.3, 0.4) is 0 Å². The van der Waals surface area contributed by atoms with E-state index in [1.165, 1.54) is 0 Å². The zero-order valence-electron chi connectivity index (χ0n) is 11.9. The maximum atomic E-state index is 11.7. The minimum absolute atomic E-state index is 0.0130. The molecule has 1 aromatic carbocycles. The predicted octanol–water partition coefficient (Wildman–Crippen LogP) is 2.17. The monoisotopic (exact) mass is 272 g/mol. The molecule has 0 fully saturated rings. The Hall–Kier alpha value is -2.14. The highest BCUT2D eigenvalue weighted by Gasteiger charge is 2.06. The summed E-state index contributed by atoms with van der Waals surface area (Å²) in [5, 5.41) is 7.32. The summed E-state index contributed by atoms with van der Waals surface area (Å²) >= 11 is 0. The van der Waals surface area contributed by atoms with Crippen LogP contribution in [0.15, 0.2) is 30.3 Å². The van der Waals surface area contributed by atoms with Crippen molar-refractivity contribution in [2.24, 2.45) is 5.73 Å². The lowest BCUT2D eigenvalue weighted by Crippen LogP contribution is -2.13. The second-order valence-electron chi connectivity index (χ2n) is 4.83. The van der Waals surface area contributed by atoms with Gasteiger partial charge < -0.3 is 11.1 Å². The summed E-state index contributed by atoms with van der Waals surface area (Å²) in [6.07, 6.45) is 1.14. The van der Waals surface area contributed by atoms with Crippen molar-refractivity contribution >= 4 is 11.6 Å². The Kier molecular flexibility index (Phi) is 4.53. The van der Waals surface area contributed by atoms with Crippen LogP contribution in [0.4, 0.5) is 5.69 Å². The number of nitrogens with zero attached hydrogens (tertiary/aromatic N) is 2. The first kappa shape index (κ1) is 14.3. The number of rotatable bonds is 5. The van der Waals surface area contributed by atoms with Crippen LogP contribution in [0.5, 0.6) is 0 Å². The molecule has 1 aromatic heterocycles. The summed E-state index contributed by atoms with van der Waals surface area (Å²) in [5.74, 6) is -0.0130. The highest BCUT2D eigenvalue weighted by molar-refractivity contribution is 5.90. The molecular formula is C15H20N4O. The van der Waals surface area contributed by atoms with Crippen LogP contribution in [-0.2, 0) is 4.79 Å². The van der Waals surface area contributed by atoms with Crippen molar-refractivity contribution in [3.63, 3.8) is 0 Å². The number of nitrogens with one attached hydrogen (secondary N) is 1. The lowest BCUT2D eigenvalue weighted by molar-refractivity contribution is -0.116. The highest BCUT2D eigenvalue weighted by atomic mass is 16.1. The van der Waals surface area contributed by atoms with Crippen molar-refractivity contribution in [2.75, 3.05) is 11.9 Å². The van der Waals surface area contributed by atoms with Gasteiger partial charge in [0.2, 0.25) is 5.91 Å². The van der Waals surface area contributed by atoms with Crippen LogP contribution in [0.1, 0.15) is 24.2 Å². The van der Waals surface area contributed by atoms with Crippen LogP contribution >= 0.6 is 0 Å². The predicted molar refractivity (Wildman–Crippen MR) is 80.0 cm³/mol. The third-order valence-corrected chi connectivity index (χ3v) is 2.99. The van der Waals surface area contributed by atoms with Crippen molar-refractivity contribution in [2.45, 2.75) is 26.7 Å². The third-order valence-electron chi connectivity index (χ3n) is 2.99. The number of aromatic nitrogens is 2. The van der Waals surface area contributed by atoms with E-state index < -0.39 is 0 Å². The lowest BCUT2D eigenvalue weighted by atomic mass is 10.2. The van der Waals surface area contributed by atoms with Gasteiger partial charge in [-0.2, -0.15) is 5.10 Å². The summed E-state index contributed by atoms with van der Waals surface area (Å²) in [5.41, 5.74) is 9.15. The second kappa shape index (κ2) is 6.34. The number of aryl methyl sites for hydroxylation is 2. The van der Waals surface area contributed by atoms with Gasteiger partial charge in [-0.05, 0) is 51.1 Å². The number of nitrogens with two attached hydrogens (primary N) is 1. The van der Waals surface area contributed by atoms with E-state index >= 15 is 0 Å². The minimum Gasteiger partial charge on any atom is -0.330 e. The van der Waals surface area contributed by atoms with Gasteiger partial charge in [0.15, 0.2) is 0 Å². The molecule has 20 heavy (non-hydrogen) atoms. The van der Waals surface area contributed by atoms with Gasteiger partial charge >= 0.3 is 0 Å². The van der Waals surface area contributed by atoms with E-state index in [2.05, 4.69) is 10.4 Å². The van der Waals surface area contributed by atoms with Crippen molar-refractivity contribution in [3.8, 4) is 5.69 Å². The van der Waals surface area contributed by atoms with Gasteiger partial charge in [-0.15, -0.1) is 0 Å². The first-order valence-corrected chi connectivity index (χ1v) is 6.74. The third kappa shape index (κ3) is 3.45. The Morgan fingerprint density at radius 2 is 2.15 bits per heavy atom. The molecule has 0 atom stereocenters. The van der Waals surface area contributed by atoms with E-state index in [0.717, 1.165) is 22.8 Å². The molecule has 2 aromatic rings. The fourth-order valence-corrected chi connectivity index (χ4v) is 2.09. The molecule has 5 heteroatoms. The first-order chi connectivity index (χ1) is 9.60. The molecule has 1 amide bonds. The van der Waals surface area contributed by atoms with Gasteiger partial charge in [-0.1, -0.05) is 6.07 Å². The van der Waals surface area contributed by atoms with Gasteiger partial charge in [0.25, 0.3) is 0 Å². The maximum absolute atomic E-state index is 11.7. The van der Waals surface area contributed by atoms with Crippen molar-refractivity contribution in [1.29, 1.82) is 0 Å². The normalized spacial score (nSPS) is 10.6. The van der Waals surface area contributed by atoms with Gasteiger partial charge in [0, 0.05) is 17.8 Å². The average molecular weight is 272 g/mol. The van der Waals surface area contributed by atoms with E-state index in [4.69, 9.17) is 5.73 Å². The SMILES string of the molecule is Cc1cc(C)n(-c2cccc(NC(=O)CCCN)c2)n1. The molecule has 0 saturated heterocycles. The van der Waals surface area contributed by atoms with Crippen LogP contribution in [-0.4, -0.2) is 22.2 Å². The van der Waals surface area contributed by atoms with E-state index in [9.17, 15) is 4.79 Å². The molecule has 0 bridgehead atoms. The molecule has 0 radical (unpaired) electrons. The van der Waals surface area contributed by atoms with Crippen LogP contribution in [0.25, 0.3) is 5.69 Å². The molecule has 0 aliphatic carbocycles. The summed E-state index contributed by atoms with van der Waals surface area (Å²) < 4.78 is 1.87. The Balaban J connectivity index is 2.16. The van der Waals surface area contributed by atoms with Gasteiger partial charge in [0.05, 0.1) is 11.4 Å². The Bertz CT molecular complexity index is 604. The Morgan fingerprint density at radius 3 is 2.80 bits per heavy atom. The summed E-state index contributed by atoms with van der Waals surface area (Å²) in [6.45, 7) is 4.49. The fraction of sp³-hybridized carbons (Fsp3) is 0.333. The maximum Gasteiger partial charge on any atom is 0.224 e. The number of anilines is 1. The van der Waals surface area contributed by atoms with E-state index in [0.29, 0.717) is 19.4 Å². The molecule has 5 nitrogen and oxygen atoms in total. The molecule has 0 unspecified atom stereocenters.